The summed E-state index contributed by atoms with van der Waals surface area (Å²) in [6.45, 7) is 13.3. The van der Waals surface area contributed by atoms with Crippen LogP contribution in [0.4, 0.5) is 53.4 Å². The first-order chi connectivity index (χ1) is 38.6. The highest BCUT2D eigenvalue weighted by Crippen LogP contribution is 2.69. The van der Waals surface area contributed by atoms with Gasteiger partial charge in [-0.1, -0.05) is 30.3 Å². The quantitative estimate of drug-likeness (QED) is 0.0944. The van der Waals surface area contributed by atoms with E-state index in [1.54, 1.807) is 94.7 Å². The number of aromatic nitrogens is 5. The molecule has 10 rings (SSSR count). The molecule has 1 spiro atoms. The lowest BCUT2D eigenvalue weighted by atomic mass is 9.89. The van der Waals surface area contributed by atoms with Gasteiger partial charge in [-0.2, -0.15) is 28.0 Å². The van der Waals surface area contributed by atoms with E-state index in [1.165, 1.54) is 33.4 Å². The minimum Gasteiger partial charge on any atom is -0.497 e. The zero-order chi connectivity index (χ0) is 58.9. The normalized spacial score (nSPS) is 19.7. The largest absolute Gasteiger partial charge is 0.497 e. The number of nitrogens with zero attached hydrogens (tertiary/aromatic N) is 9. The Bertz CT molecular complexity index is 3340. The first-order valence-electron chi connectivity index (χ1n) is 27.0. The maximum Gasteiger partial charge on any atom is 0.425 e. The summed E-state index contributed by atoms with van der Waals surface area (Å²) in [7, 11) is 3.06. The van der Waals surface area contributed by atoms with E-state index in [0.717, 1.165) is 11.1 Å². The molecule has 2 amide bonds. The Morgan fingerprint density at radius 2 is 1.43 bits per heavy atom. The van der Waals surface area contributed by atoms with E-state index >= 15 is 26.3 Å². The van der Waals surface area contributed by atoms with Crippen LogP contribution >= 0.6 is 0 Å². The third-order valence-corrected chi connectivity index (χ3v) is 15.3. The van der Waals surface area contributed by atoms with Gasteiger partial charge in [-0.05, 0) is 134 Å². The fourth-order valence-corrected chi connectivity index (χ4v) is 11.4. The number of halogens is 6. The summed E-state index contributed by atoms with van der Waals surface area (Å²) in [6.07, 6.45) is -4.77. The van der Waals surface area contributed by atoms with Gasteiger partial charge < -0.3 is 38.2 Å². The van der Waals surface area contributed by atoms with Gasteiger partial charge in [-0.3, -0.25) is 4.90 Å². The summed E-state index contributed by atoms with van der Waals surface area (Å²) < 4.78 is 130. The van der Waals surface area contributed by atoms with Gasteiger partial charge >= 0.3 is 24.4 Å². The number of benzene rings is 2. The highest BCUT2D eigenvalue weighted by molar-refractivity contribution is 6.09. The molecule has 7 heterocycles. The monoisotopic (exact) mass is 1140 g/mol. The van der Waals surface area contributed by atoms with Gasteiger partial charge in [0.15, 0.2) is 11.6 Å². The molecule has 17 nitrogen and oxygen atoms in total. The average molecular weight is 1140 g/mol. The number of anilines is 3. The van der Waals surface area contributed by atoms with Crippen LogP contribution in [0.25, 0.3) is 22.3 Å². The SMILES string of the molecule is COc1ccc(CN(Cc2ccc(OC)cc2)c2cc(C)c(C(F)(F)F)c(-c3nc4c5c(nc(OC[C@@]67CCCN6C[C@]6(CC6(F)F)C7)nc5c3F)N([C@H](C)c3cccnc3N(C(=O)OC(C)(C)C)C(=O)OC(C)(C)C)CCO4)n2)cc1. The van der Waals surface area contributed by atoms with Crippen molar-refractivity contribution in [1.29, 1.82) is 0 Å². The Labute approximate surface area is 470 Å². The van der Waals surface area contributed by atoms with E-state index in [4.69, 9.17) is 33.4 Å². The Hall–Kier alpha value is -7.69. The number of aryl methyl sites for hydroxylation is 1. The molecule has 23 heteroatoms. The molecule has 436 valence electrons. The molecule has 82 heavy (non-hydrogen) atoms. The van der Waals surface area contributed by atoms with E-state index in [-0.39, 0.29) is 92.1 Å². The molecule has 1 aliphatic carbocycles. The van der Waals surface area contributed by atoms with Crippen molar-refractivity contribution in [2.75, 3.05) is 61.8 Å². The Morgan fingerprint density at radius 1 is 0.817 bits per heavy atom. The molecule has 6 aromatic rings. The first-order valence-corrected chi connectivity index (χ1v) is 27.0. The molecule has 3 fully saturated rings. The molecule has 4 aliphatic rings. The molecule has 0 N–H and O–H groups in total. The third-order valence-electron chi connectivity index (χ3n) is 15.3. The number of hydrogen-bond acceptors (Lipinski definition) is 16. The van der Waals surface area contributed by atoms with Gasteiger partial charge in [0.25, 0.3) is 5.92 Å². The minimum atomic E-state index is -5.09. The van der Waals surface area contributed by atoms with E-state index in [1.807, 2.05) is 29.2 Å². The first kappa shape index (κ1) is 57.5. The molecular formula is C59H65F6N9O8. The third kappa shape index (κ3) is 11.3. The number of rotatable bonds is 14. The van der Waals surface area contributed by atoms with Crippen LogP contribution in [0.5, 0.6) is 23.4 Å². The summed E-state index contributed by atoms with van der Waals surface area (Å²) in [5.41, 5.74) is -6.17. The molecule has 0 unspecified atom stereocenters. The highest BCUT2D eigenvalue weighted by Gasteiger charge is 2.77. The fraction of sp³-hybridized carbons (Fsp3) is 0.475. The summed E-state index contributed by atoms with van der Waals surface area (Å²) in [5.74, 6) is -3.49. The van der Waals surface area contributed by atoms with Crippen LogP contribution in [0.15, 0.2) is 72.9 Å². The van der Waals surface area contributed by atoms with Crippen molar-refractivity contribution >= 4 is 40.5 Å². The van der Waals surface area contributed by atoms with Gasteiger partial charge in [0.05, 0.1) is 43.3 Å². The maximum absolute atomic E-state index is 18.3. The second-order valence-electron chi connectivity index (χ2n) is 23.5. The van der Waals surface area contributed by atoms with Crippen LogP contribution in [0.3, 0.4) is 0 Å². The van der Waals surface area contributed by atoms with Gasteiger partial charge in [-0.25, -0.2) is 37.7 Å². The molecule has 2 aromatic carbocycles. The predicted molar refractivity (Wildman–Crippen MR) is 292 cm³/mol. The number of amides is 2. The summed E-state index contributed by atoms with van der Waals surface area (Å²) in [5, 5.41) is -0.153. The van der Waals surface area contributed by atoms with Gasteiger partial charge in [0.2, 0.25) is 5.88 Å². The molecule has 3 aliphatic heterocycles. The van der Waals surface area contributed by atoms with E-state index in [9.17, 15) is 9.59 Å². The molecule has 0 bridgehead atoms. The van der Waals surface area contributed by atoms with E-state index < -0.39 is 86.8 Å². The van der Waals surface area contributed by atoms with Crippen LogP contribution < -0.4 is 33.6 Å². The van der Waals surface area contributed by atoms with Crippen molar-refractivity contribution in [3.05, 3.63) is 107 Å². The molecule has 2 saturated heterocycles. The van der Waals surface area contributed by atoms with Gasteiger partial charge in [0.1, 0.15) is 69.8 Å². The zero-order valence-corrected chi connectivity index (χ0v) is 47.3. The summed E-state index contributed by atoms with van der Waals surface area (Å²) in [4.78, 5) is 57.4. The summed E-state index contributed by atoms with van der Waals surface area (Å²) >= 11 is 0. The minimum absolute atomic E-state index is 0.0506. The van der Waals surface area contributed by atoms with Crippen LogP contribution in [-0.2, 0) is 28.7 Å². The highest BCUT2D eigenvalue weighted by atomic mass is 19.4. The number of carbonyl (C=O) groups is 2. The lowest BCUT2D eigenvalue weighted by Gasteiger charge is -2.33. The fourth-order valence-electron chi connectivity index (χ4n) is 11.4. The topological polar surface area (TPSA) is 167 Å². The van der Waals surface area contributed by atoms with Crippen molar-refractivity contribution in [3.8, 4) is 34.8 Å². The van der Waals surface area contributed by atoms with Gasteiger partial charge in [0, 0.05) is 37.8 Å². The average Bonchev–Trinajstić information content (AvgIpc) is 3.81. The number of ether oxygens (including phenoxy) is 6. The van der Waals surface area contributed by atoms with E-state index in [2.05, 4.69) is 19.9 Å². The number of fused-ring (bicyclic) bond motifs is 1. The molecule has 3 atom stereocenters. The Kier molecular flexibility index (Phi) is 14.9. The predicted octanol–water partition coefficient (Wildman–Crippen LogP) is 12.5. The molecular weight excluding hydrogens is 1080 g/mol. The maximum atomic E-state index is 18.3. The van der Waals surface area contributed by atoms with Crippen molar-refractivity contribution in [2.24, 2.45) is 5.41 Å². The van der Waals surface area contributed by atoms with Gasteiger partial charge in [-0.15, -0.1) is 0 Å². The number of imide groups is 1. The summed E-state index contributed by atoms with van der Waals surface area (Å²) in [6, 6.07) is 17.4. The number of carbonyl (C=O) groups excluding carboxylic acids is 2. The lowest BCUT2D eigenvalue weighted by molar-refractivity contribution is -0.137. The number of hydrogen-bond donors (Lipinski definition) is 0. The van der Waals surface area contributed by atoms with E-state index in [0.29, 0.717) is 35.8 Å². The van der Waals surface area contributed by atoms with Crippen molar-refractivity contribution in [1.82, 2.24) is 29.8 Å². The second kappa shape index (κ2) is 21.2. The van der Waals surface area contributed by atoms with Crippen LogP contribution in [0, 0.1) is 18.2 Å². The molecule has 0 radical (unpaired) electrons. The van der Waals surface area contributed by atoms with Crippen molar-refractivity contribution < 1.29 is 64.4 Å². The van der Waals surface area contributed by atoms with Crippen molar-refractivity contribution in [3.63, 3.8) is 0 Å². The van der Waals surface area contributed by atoms with Crippen LogP contribution in [0.2, 0.25) is 0 Å². The van der Waals surface area contributed by atoms with Crippen molar-refractivity contribution in [2.45, 2.75) is 129 Å². The molecule has 1 saturated carbocycles. The van der Waals surface area contributed by atoms with Crippen LogP contribution in [0.1, 0.15) is 108 Å². The zero-order valence-electron chi connectivity index (χ0n) is 47.3. The second-order valence-corrected chi connectivity index (χ2v) is 23.5. The number of pyridine rings is 3. The number of alkyl halides is 5. The Morgan fingerprint density at radius 3 is 1.99 bits per heavy atom. The lowest BCUT2D eigenvalue weighted by Crippen LogP contribution is -2.45. The number of methoxy groups -OCH3 is 2. The smallest absolute Gasteiger partial charge is 0.425 e. The Balaban J connectivity index is 1.14. The molecule has 4 aromatic heterocycles. The van der Waals surface area contributed by atoms with Crippen LogP contribution in [-0.4, -0.2) is 112 Å². The standard InChI is InChI=1S/C59H65F6N9O8/c1-34-27-41(71(28-36-14-18-38(77-9)19-15-36)29-37-16-20-39(78-10)21-17-37)67-46(43(34)59(63,64)65)47-44(60)45-42-49(70-51(69-45)80-33-57-22-12-24-72(57)32-56(30-57)31-58(56,61)62)73(25-26-79-50(42)68-47)35(2)40-13-11-23-66-48(40)74(52(75)81-54(3,4)5)53(76)82-55(6,7)8/h11,13-21,23,27,35H,12,22,24-26,28-33H2,1-10H3/t35-,56-,57+/m1/s1.